The lowest BCUT2D eigenvalue weighted by Crippen LogP contribution is -2.35. The van der Waals surface area contributed by atoms with Crippen LogP contribution >= 0.6 is 35.6 Å². The van der Waals surface area contributed by atoms with Crippen LogP contribution < -0.4 is 10.6 Å². The predicted molar refractivity (Wildman–Crippen MR) is 97.7 cm³/mol. The highest BCUT2D eigenvalue weighted by molar-refractivity contribution is 7.98. The molecule has 0 aliphatic heterocycles. The molecule has 6 heteroatoms. The van der Waals surface area contributed by atoms with Gasteiger partial charge >= 0.3 is 0 Å². The van der Waals surface area contributed by atoms with E-state index in [0.717, 1.165) is 16.1 Å². The Morgan fingerprint density at radius 1 is 1.23 bits per heavy atom. The van der Waals surface area contributed by atoms with E-state index in [2.05, 4.69) is 10.6 Å². The maximum Gasteiger partial charge on any atom is 0.230 e. The van der Waals surface area contributed by atoms with Gasteiger partial charge in [-0.25, -0.2) is 0 Å². The molecule has 0 unspecified atom stereocenters. The van der Waals surface area contributed by atoms with Gasteiger partial charge in [0.05, 0.1) is 6.42 Å². The molecule has 2 rings (SSSR count). The van der Waals surface area contributed by atoms with Gasteiger partial charge in [-0.2, -0.15) is 0 Å². The van der Waals surface area contributed by atoms with Crippen LogP contribution in [0.5, 0.6) is 0 Å². The molecule has 0 fully saturated rings. The number of rotatable bonds is 4. The first-order valence-corrected chi connectivity index (χ1v) is 8.57. The summed E-state index contributed by atoms with van der Waals surface area (Å²) < 4.78 is 0. The second kappa shape index (κ2) is 8.17. The lowest BCUT2D eigenvalue weighted by atomic mass is 10.1. The average molecular weight is 351 g/mol. The summed E-state index contributed by atoms with van der Waals surface area (Å²) in [7, 11) is 0. The molecule has 2 N–H and O–H groups in total. The summed E-state index contributed by atoms with van der Waals surface area (Å²) in [5.74, 6) is -0.166. The van der Waals surface area contributed by atoms with Crippen molar-refractivity contribution in [3.05, 3.63) is 59.1 Å². The maximum absolute atomic E-state index is 11.9. The molecule has 2 aromatic rings. The second-order valence-electron chi connectivity index (χ2n) is 4.54. The summed E-state index contributed by atoms with van der Waals surface area (Å²) in [6, 6.07) is 15.0. The van der Waals surface area contributed by atoms with E-state index in [0.29, 0.717) is 5.02 Å². The van der Waals surface area contributed by atoms with Crippen LogP contribution in [0.15, 0.2) is 53.4 Å². The molecule has 0 atom stereocenters. The van der Waals surface area contributed by atoms with E-state index in [4.69, 9.17) is 23.8 Å². The van der Waals surface area contributed by atoms with E-state index >= 15 is 0 Å². The molecule has 22 heavy (non-hydrogen) atoms. The Kier molecular flexibility index (Phi) is 6.24. The van der Waals surface area contributed by atoms with Gasteiger partial charge in [0, 0.05) is 15.6 Å². The number of carbonyl (C=O) groups excluding carboxylic acids is 1. The summed E-state index contributed by atoms with van der Waals surface area (Å²) in [5.41, 5.74) is 1.73. The number of thiocarbonyl (C=S) groups is 1. The molecular weight excluding hydrogens is 336 g/mol. The predicted octanol–water partition coefficient (Wildman–Crippen LogP) is 4.12. The first kappa shape index (κ1) is 16.8. The van der Waals surface area contributed by atoms with Crippen LogP contribution in [0.4, 0.5) is 5.69 Å². The third-order valence-electron chi connectivity index (χ3n) is 2.86. The van der Waals surface area contributed by atoms with Crippen molar-refractivity contribution in [2.24, 2.45) is 0 Å². The number of anilines is 1. The van der Waals surface area contributed by atoms with Gasteiger partial charge in [-0.05, 0) is 54.4 Å². The maximum atomic E-state index is 11.9. The highest BCUT2D eigenvalue weighted by Crippen LogP contribution is 2.18. The molecular formula is C16H15ClN2OS2. The standard InChI is InChI=1S/C16H15ClN2OS2/c1-22-14-4-2-3-13(10-14)18-16(21)19-15(20)9-11-5-7-12(17)8-6-11/h2-8,10H,9H2,1H3,(H2,18,19,20,21). The highest BCUT2D eigenvalue weighted by Gasteiger charge is 2.06. The Labute approximate surface area is 144 Å². The quantitative estimate of drug-likeness (QED) is 0.643. The summed E-state index contributed by atoms with van der Waals surface area (Å²) in [6.45, 7) is 0. The molecule has 0 saturated carbocycles. The summed E-state index contributed by atoms with van der Waals surface area (Å²) in [5, 5.41) is 6.62. The zero-order chi connectivity index (χ0) is 15.9. The van der Waals surface area contributed by atoms with Crippen LogP contribution in [0, 0.1) is 0 Å². The average Bonchev–Trinajstić information content (AvgIpc) is 2.49. The van der Waals surface area contributed by atoms with Gasteiger partial charge in [0.15, 0.2) is 5.11 Å². The zero-order valence-electron chi connectivity index (χ0n) is 11.9. The van der Waals surface area contributed by atoms with E-state index in [1.165, 1.54) is 0 Å². The van der Waals surface area contributed by atoms with Gasteiger partial charge in [0.2, 0.25) is 5.91 Å². The van der Waals surface area contributed by atoms with Crippen molar-refractivity contribution in [3.8, 4) is 0 Å². The minimum atomic E-state index is -0.166. The molecule has 0 aliphatic carbocycles. The van der Waals surface area contributed by atoms with Gasteiger partial charge in [0.25, 0.3) is 0 Å². The fourth-order valence-electron chi connectivity index (χ4n) is 1.82. The molecule has 0 aliphatic rings. The second-order valence-corrected chi connectivity index (χ2v) is 6.26. The lowest BCUT2D eigenvalue weighted by molar-refractivity contribution is -0.119. The number of halogens is 1. The molecule has 0 heterocycles. The molecule has 114 valence electrons. The Bertz CT molecular complexity index is 674. The van der Waals surface area contributed by atoms with Gasteiger partial charge in [-0.1, -0.05) is 29.8 Å². The topological polar surface area (TPSA) is 41.1 Å². The molecule has 1 amide bonds. The van der Waals surface area contributed by atoms with Crippen molar-refractivity contribution in [3.63, 3.8) is 0 Å². The molecule has 0 spiro atoms. The first-order chi connectivity index (χ1) is 10.6. The summed E-state index contributed by atoms with van der Waals surface area (Å²) in [4.78, 5) is 13.1. The summed E-state index contributed by atoms with van der Waals surface area (Å²) >= 11 is 12.6. The number of carbonyl (C=O) groups is 1. The van der Waals surface area contributed by atoms with Crippen LogP contribution in [-0.2, 0) is 11.2 Å². The van der Waals surface area contributed by atoms with E-state index in [9.17, 15) is 4.79 Å². The van der Waals surface area contributed by atoms with Crippen molar-refractivity contribution in [1.82, 2.24) is 5.32 Å². The van der Waals surface area contributed by atoms with Crippen molar-refractivity contribution in [2.45, 2.75) is 11.3 Å². The van der Waals surface area contributed by atoms with Crippen molar-refractivity contribution >= 4 is 52.3 Å². The largest absolute Gasteiger partial charge is 0.332 e. The van der Waals surface area contributed by atoms with Gasteiger partial charge in [-0.15, -0.1) is 11.8 Å². The molecule has 0 saturated heterocycles. The number of thioether (sulfide) groups is 1. The van der Waals surface area contributed by atoms with E-state index in [1.54, 1.807) is 23.9 Å². The van der Waals surface area contributed by atoms with E-state index < -0.39 is 0 Å². The van der Waals surface area contributed by atoms with Gasteiger partial charge in [-0.3, -0.25) is 4.79 Å². The zero-order valence-corrected chi connectivity index (χ0v) is 14.3. The highest BCUT2D eigenvalue weighted by atomic mass is 35.5. The Morgan fingerprint density at radius 2 is 1.95 bits per heavy atom. The molecule has 0 radical (unpaired) electrons. The first-order valence-electron chi connectivity index (χ1n) is 6.56. The minimum absolute atomic E-state index is 0.166. The minimum Gasteiger partial charge on any atom is -0.332 e. The summed E-state index contributed by atoms with van der Waals surface area (Å²) in [6.07, 6.45) is 2.26. The van der Waals surface area contributed by atoms with Crippen LogP contribution in [0.1, 0.15) is 5.56 Å². The van der Waals surface area contributed by atoms with E-state index in [-0.39, 0.29) is 17.4 Å². The molecule has 2 aromatic carbocycles. The number of hydrogen-bond donors (Lipinski definition) is 2. The van der Waals surface area contributed by atoms with Crippen LogP contribution in [0.3, 0.4) is 0 Å². The van der Waals surface area contributed by atoms with Crippen LogP contribution in [0.25, 0.3) is 0 Å². The number of benzene rings is 2. The van der Waals surface area contributed by atoms with Crippen LogP contribution in [0.2, 0.25) is 5.02 Å². The fraction of sp³-hybridized carbons (Fsp3) is 0.125. The monoisotopic (exact) mass is 350 g/mol. The number of nitrogens with one attached hydrogen (secondary N) is 2. The fourth-order valence-corrected chi connectivity index (χ4v) is 2.64. The van der Waals surface area contributed by atoms with Gasteiger partial charge < -0.3 is 10.6 Å². The lowest BCUT2D eigenvalue weighted by Gasteiger charge is -2.10. The van der Waals surface area contributed by atoms with E-state index in [1.807, 2.05) is 42.7 Å². The van der Waals surface area contributed by atoms with Crippen LogP contribution in [-0.4, -0.2) is 17.3 Å². The third kappa shape index (κ3) is 5.33. The van der Waals surface area contributed by atoms with Crippen molar-refractivity contribution < 1.29 is 4.79 Å². The SMILES string of the molecule is CSc1cccc(NC(=S)NC(=O)Cc2ccc(Cl)cc2)c1. The molecule has 0 aromatic heterocycles. The Hall–Kier alpha value is -1.56. The third-order valence-corrected chi connectivity index (χ3v) is 4.04. The number of amides is 1. The normalized spacial score (nSPS) is 10.1. The smallest absolute Gasteiger partial charge is 0.230 e. The van der Waals surface area contributed by atoms with Crippen molar-refractivity contribution in [2.75, 3.05) is 11.6 Å². The molecule has 0 bridgehead atoms. The van der Waals surface area contributed by atoms with Gasteiger partial charge in [0.1, 0.15) is 0 Å². The van der Waals surface area contributed by atoms with Crippen molar-refractivity contribution in [1.29, 1.82) is 0 Å². The Balaban J connectivity index is 1.88. The molecule has 3 nitrogen and oxygen atoms in total. The number of hydrogen-bond acceptors (Lipinski definition) is 3. The Morgan fingerprint density at radius 3 is 2.64 bits per heavy atom.